The molecule has 1 atom stereocenters. The molecule has 154 valence electrons. The molecule has 0 aliphatic heterocycles. The summed E-state index contributed by atoms with van der Waals surface area (Å²) in [5.74, 6) is -1.15. The molecule has 0 saturated heterocycles. The topological polar surface area (TPSA) is 80.4 Å². The summed E-state index contributed by atoms with van der Waals surface area (Å²) in [5.41, 5.74) is 5.11. The van der Waals surface area contributed by atoms with Gasteiger partial charge in [0.15, 0.2) is 0 Å². The molecule has 0 aromatic heterocycles. The minimum absolute atomic E-state index is 0.216. The van der Waals surface area contributed by atoms with Gasteiger partial charge in [0, 0.05) is 6.42 Å². The van der Waals surface area contributed by atoms with Gasteiger partial charge in [-0.1, -0.05) is 96.8 Å². The Bertz CT molecular complexity index is 344. The van der Waals surface area contributed by atoms with E-state index in [9.17, 15) is 14.7 Å². The molecule has 0 saturated carbocycles. The highest BCUT2D eigenvalue weighted by Gasteiger charge is 2.16. The van der Waals surface area contributed by atoms with Crippen molar-refractivity contribution in [1.82, 2.24) is 0 Å². The molecule has 0 bridgehead atoms. The van der Waals surface area contributed by atoms with Gasteiger partial charge < -0.3 is 10.8 Å². The number of primary amides is 1. The fourth-order valence-corrected chi connectivity index (χ4v) is 3.49. The number of carboxylic acids is 1. The molecule has 0 aliphatic carbocycles. The van der Waals surface area contributed by atoms with Crippen molar-refractivity contribution in [3.05, 3.63) is 0 Å². The number of rotatable bonds is 20. The lowest BCUT2D eigenvalue weighted by atomic mass is 9.94. The van der Waals surface area contributed by atoms with Gasteiger partial charge in [0.25, 0.3) is 0 Å². The predicted molar refractivity (Wildman–Crippen MR) is 109 cm³/mol. The molecule has 0 aliphatic rings. The average molecular weight is 370 g/mol. The van der Waals surface area contributed by atoms with E-state index in [0.29, 0.717) is 6.42 Å². The summed E-state index contributed by atoms with van der Waals surface area (Å²) in [4.78, 5) is 22.0. The van der Waals surface area contributed by atoms with Gasteiger partial charge in [-0.05, 0) is 19.3 Å². The molecule has 1 amide bonds. The number of carbonyl (C=O) groups excluding carboxylic acids is 1. The van der Waals surface area contributed by atoms with Crippen LogP contribution in [0.25, 0.3) is 0 Å². The Morgan fingerprint density at radius 2 is 1.08 bits per heavy atom. The summed E-state index contributed by atoms with van der Waals surface area (Å²) in [6, 6.07) is 0. The standard InChI is InChI=1S/C22H43NO3/c1-2-3-4-5-6-7-8-9-10-11-12-14-17-20(22(25)26)18-15-13-16-19-21(23)24/h20H,2-19H2,1H3,(H2,23,24)(H,25,26). The van der Waals surface area contributed by atoms with E-state index in [0.717, 1.165) is 44.9 Å². The van der Waals surface area contributed by atoms with Crippen LogP contribution in [0.4, 0.5) is 0 Å². The van der Waals surface area contributed by atoms with Crippen LogP contribution in [0.2, 0.25) is 0 Å². The molecule has 4 heteroatoms. The maximum atomic E-state index is 11.3. The third-order valence-electron chi connectivity index (χ3n) is 5.23. The van der Waals surface area contributed by atoms with Crippen LogP contribution in [-0.2, 0) is 9.59 Å². The van der Waals surface area contributed by atoms with Crippen molar-refractivity contribution in [3.63, 3.8) is 0 Å². The lowest BCUT2D eigenvalue weighted by molar-refractivity contribution is -0.142. The molecule has 0 radical (unpaired) electrons. The highest BCUT2D eigenvalue weighted by atomic mass is 16.4. The molecule has 0 heterocycles. The van der Waals surface area contributed by atoms with E-state index in [4.69, 9.17) is 5.73 Å². The molecule has 0 fully saturated rings. The highest BCUT2D eigenvalue weighted by molar-refractivity contribution is 5.73. The van der Waals surface area contributed by atoms with Gasteiger partial charge in [-0.25, -0.2) is 0 Å². The third kappa shape index (κ3) is 17.8. The number of carboxylic acid groups (broad SMARTS) is 1. The van der Waals surface area contributed by atoms with Crippen molar-refractivity contribution in [2.75, 3.05) is 0 Å². The lowest BCUT2D eigenvalue weighted by Gasteiger charge is -2.12. The number of carbonyl (C=O) groups is 2. The average Bonchev–Trinajstić information content (AvgIpc) is 2.60. The first-order valence-corrected chi connectivity index (χ1v) is 11.1. The van der Waals surface area contributed by atoms with Crippen LogP contribution in [-0.4, -0.2) is 17.0 Å². The monoisotopic (exact) mass is 369 g/mol. The van der Waals surface area contributed by atoms with E-state index < -0.39 is 5.97 Å². The molecular weight excluding hydrogens is 326 g/mol. The fraction of sp³-hybridized carbons (Fsp3) is 0.909. The summed E-state index contributed by atoms with van der Waals surface area (Å²) in [7, 11) is 0. The molecule has 0 rings (SSSR count). The van der Waals surface area contributed by atoms with Gasteiger partial charge in [-0.2, -0.15) is 0 Å². The van der Waals surface area contributed by atoms with Crippen LogP contribution in [0.1, 0.15) is 122 Å². The van der Waals surface area contributed by atoms with Crippen molar-refractivity contribution < 1.29 is 14.7 Å². The number of hydrogen-bond acceptors (Lipinski definition) is 2. The molecule has 0 aromatic carbocycles. The van der Waals surface area contributed by atoms with Crippen molar-refractivity contribution in [2.24, 2.45) is 11.7 Å². The quantitative estimate of drug-likeness (QED) is 0.250. The van der Waals surface area contributed by atoms with Crippen molar-refractivity contribution in [2.45, 2.75) is 122 Å². The minimum Gasteiger partial charge on any atom is -0.481 e. The van der Waals surface area contributed by atoms with Crippen LogP contribution < -0.4 is 5.73 Å². The van der Waals surface area contributed by atoms with E-state index >= 15 is 0 Å². The van der Waals surface area contributed by atoms with Crippen LogP contribution >= 0.6 is 0 Å². The molecule has 0 spiro atoms. The van der Waals surface area contributed by atoms with Gasteiger partial charge in [0.05, 0.1) is 5.92 Å². The lowest BCUT2D eigenvalue weighted by Crippen LogP contribution is -2.14. The predicted octanol–water partition coefficient (Wildman–Crippen LogP) is 6.21. The smallest absolute Gasteiger partial charge is 0.306 e. The number of unbranched alkanes of at least 4 members (excludes halogenated alkanes) is 13. The minimum atomic E-state index is -0.664. The zero-order valence-electron chi connectivity index (χ0n) is 17.1. The van der Waals surface area contributed by atoms with Gasteiger partial charge in [-0.3, -0.25) is 9.59 Å². The van der Waals surface area contributed by atoms with E-state index in [2.05, 4.69) is 6.92 Å². The van der Waals surface area contributed by atoms with Gasteiger partial charge in [0.1, 0.15) is 0 Å². The Morgan fingerprint density at radius 1 is 0.692 bits per heavy atom. The molecule has 0 aromatic rings. The zero-order valence-corrected chi connectivity index (χ0v) is 17.1. The van der Waals surface area contributed by atoms with Crippen LogP contribution in [0.3, 0.4) is 0 Å². The van der Waals surface area contributed by atoms with Crippen LogP contribution in [0.5, 0.6) is 0 Å². The van der Waals surface area contributed by atoms with Gasteiger partial charge in [-0.15, -0.1) is 0 Å². The van der Waals surface area contributed by atoms with Crippen molar-refractivity contribution >= 4 is 11.9 Å². The fourth-order valence-electron chi connectivity index (χ4n) is 3.49. The van der Waals surface area contributed by atoms with Crippen LogP contribution in [0.15, 0.2) is 0 Å². The van der Waals surface area contributed by atoms with Crippen molar-refractivity contribution in [1.29, 1.82) is 0 Å². The normalized spacial score (nSPS) is 12.2. The maximum absolute atomic E-state index is 11.3. The first kappa shape index (κ1) is 24.9. The van der Waals surface area contributed by atoms with Gasteiger partial charge >= 0.3 is 5.97 Å². The van der Waals surface area contributed by atoms with E-state index in [1.165, 1.54) is 64.2 Å². The summed E-state index contributed by atoms with van der Waals surface area (Å²) >= 11 is 0. The third-order valence-corrected chi connectivity index (χ3v) is 5.23. The zero-order chi connectivity index (χ0) is 19.5. The Kier molecular flexibility index (Phi) is 18.0. The number of amides is 1. The summed E-state index contributed by atoms with van der Waals surface area (Å²) < 4.78 is 0. The largest absolute Gasteiger partial charge is 0.481 e. The first-order chi connectivity index (χ1) is 12.6. The molecule has 4 nitrogen and oxygen atoms in total. The van der Waals surface area contributed by atoms with Gasteiger partial charge in [0.2, 0.25) is 5.91 Å². The van der Waals surface area contributed by atoms with Crippen molar-refractivity contribution in [3.8, 4) is 0 Å². The Balaban J connectivity index is 3.46. The Hall–Kier alpha value is -1.06. The summed E-state index contributed by atoms with van der Waals surface area (Å²) in [5, 5.41) is 9.32. The number of hydrogen-bond donors (Lipinski definition) is 2. The van der Waals surface area contributed by atoms with Crippen LogP contribution in [0, 0.1) is 5.92 Å². The second-order valence-electron chi connectivity index (χ2n) is 7.78. The maximum Gasteiger partial charge on any atom is 0.306 e. The van der Waals surface area contributed by atoms with E-state index in [1.54, 1.807) is 0 Å². The summed E-state index contributed by atoms with van der Waals surface area (Å²) in [6.45, 7) is 2.26. The Labute approximate surface area is 161 Å². The second-order valence-corrected chi connectivity index (χ2v) is 7.78. The second kappa shape index (κ2) is 18.7. The first-order valence-electron chi connectivity index (χ1n) is 11.1. The summed E-state index contributed by atoms with van der Waals surface area (Å²) in [6.07, 6.45) is 20.1. The highest BCUT2D eigenvalue weighted by Crippen LogP contribution is 2.19. The van der Waals surface area contributed by atoms with E-state index in [1.807, 2.05) is 0 Å². The number of nitrogens with two attached hydrogens (primary N) is 1. The number of aliphatic carboxylic acids is 1. The SMILES string of the molecule is CCCCCCCCCCCCCCC(CCCCCC(N)=O)C(=O)O. The Morgan fingerprint density at radius 3 is 1.46 bits per heavy atom. The molecule has 3 N–H and O–H groups in total. The molecule has 1 unspecified atom stereocenters. The molecular formula is C22H43NO3. The molecule has 26 heavy (non-hydrogen) atoms. The van der Waals surface area contributed by atoms with E-state index in [-0.39, 0.29) is 11.8 Å².